The van der Waals surface area contributed by atoms with Gasteiger partial charge in [0.25, 0.3) is 0 Å². The van der Waals surface area contributed by atoms with Gasteiger partial charge in [-0.3, -0.25) is 0 Å². The Morgan fingerprint density at radius 1 is 1.57 bits per heavy atom. The Morgan fingerprint density at radius 3 is 2.79 bits per heavy atom. The first kappa shape index (κ1) is 11.3. The molecule has 5 heteroatoms. The molecule has 2 unspecified atom stereocenters. The Balaban J connectivity index is 2.06. The molecule has 0 spiro atoms. The van der Waals surface area contributed by atoms with Crippen molar-refractivity contribution in [2.24, 2.45) is 5.73 Å². The van der Waals surface area contributed by atoms with Gasteiger partial charge in [0.2, 0.25) is 0 Å². The molecule has 4 N–H and O–H groups in total. The van der Waals surface area contributed by atoms with E-state index in [0.29, 0.717) is 18.6 Å². The van der Waals surface area contributed by atoms with E-state index in [-0.39, 0.29) is 0 Å². The lowest BCUT2D eigenvalue weighted by molar-refractivity contribution is 0.248. The van der Waals surface area contributed by atoms with Crippen LogP contribution in [0.15, 0.2) is 0 Å². The number of nitrogens with two attached hydrogens (primary N) is 1. The normalized spacial score (nSPS) is 27.9. The number of rotatable bonds is 4. The summed E-state index contributed by atoms with van der Waals surface area (Å²) in [7, 11) is 2.13. The van der Waals surface area contributed by atoms with Crippen molar-refractivity contribution in [3.8, 4) is 0 Å². The number of carbonyl (C=O) groups is 1. The smallest absolute Gasteiger partial charge is 0.312 e. The highest BCUT2D eigenvalue weighted by Crippen LogP contribution is 2.14. The van der Waals surface area contributed by atoms with Crippen LogP contribution in [0.25, 0.3) is 0 Å². The van der Waals surface area contributed by atoms with Crippen LogP contribution in [0, 0.1) is 0 Å². The predicted octanol–water partition coefficient (Wildman–Crippen LogP) is -0.663. The van der Waals surface area contributed by atoms with Crippen molar-refractivity contribution in [3.63, 3.8) is 0 Å². The van der Waals surface area contributed by atoms with Gasteiger partial charge in [-0.1, -0.05) is 0 Å². The third-order valence-electron chi connectivity index (χ3n) is 2.74. The van der Waals surface area contributed by atoms with Crippen LogP contribution in [-0.2, 0) is 0 Å². The van der Waals surface area contributed by atoms with Gasteiger partial charge in [-0.2, -0.15) is 0 Å². The summed E-state index contributed by atoms with van der Waals surface area (Å²) in [5, 5.41) is 5.94. The number of hydrogen-bond donors (Lipinski definition) is 3. The van der Waals surface area contributed by atoms with Gasteiger partial charge in [0.1, 0.15) is 0 Å². The van der Waals surface area contributed by atoms with Gasteiger partial charge in [-0.05, 0) is 20.4 Å². The second-order valence-corrected chi connectivity index (χ2v) is 3.97. The van der Waals surface area contributed by atoms with Crippen molar-refractivity contribution in [1.82, 2.24) is 15.5 Å². The van der Waals surface area contributed by atoms with Crippen LogP contribution in [0.4, 0.5) is 4.79 Å². The largest absolute Gasteiger partial charge is 0.352 e. The summed E-state index contributed by atoms with van der Waals surface area (Å²) < 4.78 is 0. The van der Waals surface area contributed by atoms with Crippen LogP contribution in [0.5, 0.6) is 0 Å². The van der Waals surface area contributed by atoms with Crippen molar-refractivity contribution in [1.29, 1.82) is 0 Å². The molecule has 82 valence electrons. The Bertz CT molecular complexity index is 187. The highest BCUT2D eigenvalue weighted by molar-refractivity contribution is 5.71. The number of hydrogen-bond acceptors (Lipinski definition) is 3. The zero-order chi connectivity index (χ0) is 10.6. The molecule has 14 heavy (non-hydrogen) atoms. The lowest BCUT2D eigenvalue weighted by Crippen LogP contribution is -2.39. The van der Waals surface area contributed by atoms with Crippen molar-refractivity contribution in [2.75, 3.05) is 26.7 Å². The van der Waals surface area contributed by atoms with Crippen LogP contribution in [-0.4, -0.2) is 49.7 Å². The molecule has 1 aliphatic heterocycles. The van der Waals surface area contributed by atoms with E-state index in [1.807, 2.05) is 0 Å². The van der Waals surface area contributed by atoms with Gasteiger partial charge in [0.05, 0.1) is 0 Å². The van der Waals surface area contributed by atoms with E-state index in [0.717, 1.165) is 13.1 Å². The van der Waals surface area contributed by atoms with E-state index in [2.05, 4.69) is 29.5 Å². The monoisotopic (exact) mass is 200 g/mol. The minimum atomic E-state index is -0.455. The molecule has 2 atom stereocenters. The molecule has 1 aliphatic rings. The molecular formula is C9H20N4O. The van der Waals surface area contributed by atoms with E-state index in [1.54, 1.807) is 0 Å². The second-order valence-electron chi connectivity index (χ2n) is 3.97. The summed E-state index contributed by atoms with van der Waals surface area (Å²) in [6.07, 6.45) is 1.17. The average molecular weight is 200 g/mol. The molecule has 2 amide bonds. The number of likely N-dealkylation sites (tertiary alicyclic amines) is 1. The molecule has 1 fully saturated rings. The molecule has 0 bridgehead atoms. The molecule has 0 aromatic rings. The Morgan fingerprint density at radius 2 is 2.29 bits per heavy atom. The summed E-state index contributed by atoms with van der Waals surface area (Å²) in [6, 6.07) is 0.741. The summed E-state index contributed by atoms with van der Waals surface area (Å²) in [5.41, 5.74) is 4.94. The molecule has 0 radical (unpaired) electrons. The van der Waals surface area contributed by atoms with Crippen LogP contribution in [0.2, 0.25) is 0 Å². The van der Waals surface area contributed by atoms with Crippen LogP contribution < -0.4 is 16.4 Å². The van der Waals surface area contributed by atoms with Crippen LogP contribution in [0.3, 0.4) is 0 Å². The lowest BCUT2D eigenvalue weighted by Gasteiger charge is -2.13. The predicted molar refractivity (Wildman–Crippen MR) is 56.1 cm³/mol. The third-order valence-corrected chi connectivity index (χ3v) is 2.74. The SMILES string of the molecule is CC1CC(NCCNC(N)=O)CN1C. The number of primary amides is 1. The van der Waals surface area contributed by atoms with Gasteiger partial charge in [0, 0.05) is 31.7 Å². The Kier molecular flexibility index (Phi) is 4.16. The minimum Gasteiger partial charge on any atom is -0.352 e. The van der Waals surface area contributed by atoms with Gasteiger partial charge in [-0.15, -0.1) is 0 Å². The standard InChI is InChI=1S/C9H20N4O/c1-7-5-8(6-13(7)2)11-3-4-12-9(10)14/h7-8,11H,3-6H2,1-2H3,(H3,10,12,14). The summed E-state index contributed by atoms with van der Waals surface area (Å²) >= 11 is 0. The maximum Gasteiger partial charge on any atom is 0.312 e. The fourth-order valence-electron chi connectivity index (χ4n) is 1.80. The van der Waals surface area contributed by atoms with E-state index in [1.165, 1.54) is 6.42 Å². The third kappa shape index (κ3) is 3.51. The molecular weight excluding hydrogens is 180 g/mol. The lowest BCUT2D eigenvalue weighted by atomic mass is 10.2. The number of likely N-dealkylation sites (N-methyl/N-ethyl adjacent to an activating group) is 1. The first-order valence-corrected chi connectivity index (χ1v) is 5.06. The zero-order valence-electron chi connectivity index (χ0n) is 8.92. The summed E-state index contributed by atoms with van der Waals surface area (Å²) in [5.74, 6) is 0. The highest BCUT2D eigenvalue weighted by Gasteiger charge is 2.24. The minimum absolute atomic E-state index is 0.455. The van der Waals surface area contributed by atoms with Crippen LogP contribution >= 0.6 is 0 Å². The van der Waals surface area contributed by atoms with Gasteiger partial charge >= 0.3 is 6.03 Å². The van der Waals surface area contributed by atoms with E-state index in [9.17, 15) is 4.79 Å². The van der Waals surface area contributed by atoms with Gasteiger partial charge < -0.3 is 21.3 Å². The highest BCUT2D eigenvalue weighted by atomic mass is 16.2. The van der Waals surface area contributed by atoms with E-state index >= 15 is 0 Å². The zero-order valence-corrected chi connectivity index (χ0v) is 8.92. The summed E-state index contributed by atoms with van der Waals surface area (Å²) in [4.78, 5) is 12.7. The molecule has 0 saturated carbocycles. The number of urea groups is 1. The topological polar surface area (TPSA) is 70.4 Å². The maximum absolute atomic E-state index is 10.4. The molecule has 0 aliphatic carbocycles. The Hall–Kier alpha value is -0.810. The first-order valence-electron chi connectivity index (χ1n) is 5.06. The molecule has 5 nitrogen and oxygen atoms in total. The second kappa shape index (κ2) is 5.17. The Labute approximate surface area is 85.0 Å². The molecule has 1 saturated heterocycles. The first-order chi connectivity index (χ1) is 6.59. The average Bonchev–Trinajstić information content (AvgIpc) is 2.40. The molecule has 1 rings (SSSR count). The van der Waals surface area contributed by atoms with Crippen LogP contribution in [0.1, 0.15) is 13.3 Å². The van der Waals surface area contributed by atoms with Crippen molar-refractivity contribution in [3.05, 3.63) is 0 Å². The quantitative estimate of drug-likeness (QED) is 0.527. The van der Waals surface area contributed by atoms with E-state index < -0.39 is 6.03 Å². The molecule has 0 aromatic heterocycles. The fourth-order valence-corrected chi connectivity index (χ4v) is 1.80. The van der Waals surface area contributed by atoms with Gasteiger partial charge in [0.15, 0.2) is 0 Å². The molecule has 1 heterocycles. The molecule has 0 aromatic carbocycles. The van der Waals surface area contributed by atoms with Gasteiger partial charge in [-0.25, -0.2) is 4.79 Å². The van der Waals surface area contributed by atoms with E-state index in [4.69, 9.17) is 5.73 Å². The van der Waals surface area contributed by atoms with Crippen molar-refractivity contribution in [2.45, 2.75) is 25.4 Å². The fraction of sp³-hybridized carbons (Fsp3) is 0.889. The van der Waals surface area contributed by atoms with Crippen molar-refractivity contribution >= 4 is 6.03 Å². The number of carbonyl (C=O) groups excluding carboxylic acids is 1. The maximum atomic E-state index is 10.4. The van der Waals surface area contributed by atoms with Crippen molar-refractivity contribution < 1.29 is 4.79 Å². The number of nitrogens with zero attached hydrogens (tertiary/aromatic N) is 1. The summed E-state index contributed by atoms with van der Waals surface area (Å²) in [6.45, 7) is 4.69. The number of amides is 2. The number of nitrogens with one attached hydrogen (secondary N) is 2.